The highest BCUT2D eigenvalue weighted by molar-refractivity contribution is 7.80. The molecule has 0 aliphatic heterocycles. The van der Waals surface area contributed by atoms with E-state index in [4.69, 9.17) is 9.47 Å². The Morgan fingerprint density at radius 2 is 1.09 bits per heavy atom. The van der Waals surface area contributed by atoms with Crippen molar-refractivity contribution in [2.45, 2.75) is 39.9 Å². The predicted molar refractivity (Wildman–Crippen MR) is 136 cm³/mol. The molecule has 0 aromatic heterocycles. The number of carbonyl (C=O) groups is 2. The highest BCUT2D eigenvalue weighted by atomic mass is 31.1. The van der Waals surface area contributed by atoms with E-state index < -0.39 is 19.9 Å². The third-order valence-electron chi connectivity index (χ3n) is 4.63. The fraction of sp³-hybridized carbons (Fsp3) is 0.214. The molecule has 3 aromatic rings. The topological polar surface area (TPSA) is 52.6 Å². The largest absolute Gasteiger partial charge is 0.459 e. The van der Waals surface area contributed by atoms with Crippen molar-refractivity contribution in [3.05, 3.63) is 96.1 Å². The van der Waals surface area contributed by atoms with Crippen molar-refractivity contribution >= 4 is 41.8 Å². The van der Waals surface area contributed by atoms with Crippen LogP contribution in [0.4, 0.5) is 0 Å². The summed E-state index contributed by atoms with van der Waals surface area (Å²) in [5, 5.41) is 3.39. The lowest BCUT2D eigenvalue weighted by atomic mass is 10.1. The summed E-state index contributed by atoms with van der Waals surface area (Å²) in [6.07, 6.45) is 0.897. The minimum Gasteiger partial charge on any atom is -0.459 e. The van der Waals surface area contributed by atoms with E-state index in [1.54, 1.807) is 33.8 Å². The first kappa shape index (κ1) is 24.4. The van der Waals surface area contributed by atoms with Crippen LogP contribution < -0.4 is 15.9 Å². The number of carbonyl (C=O) groups excluding carboxylic acids is 2. The maximum absolute atomic E-state index is 12.8. The Kier molecular flexibility index (Phi) is 8.57. The monoisotopic (exact) mass is 460 g/mol. The van der Waals surface area contributed by atoms with E-state index in [0.29, 0.717) is 0 Å². The van der Waals surface area contributed by atoms with Gasteiger partial charge in [0.1, 0.15) is 5.57 Å². The molecule has 0 bridgehead atoms. The van der Waals surface area contributed by atoms with Crippen molar-refractivity contribution in [3.8, 4) is 0 Å². The van der Waals surface area contributed by atoms with Crippen LogP contribution in [0.25, 0.3) is 6.08 Å². The Bertz CT molecular complexity index is 1040. The van der Waals surface area contributed by atoms with E-state index in [2.05, 4.69) is 30.3 Å². The molecule has 33 heavy (non-hydrogen) atoms. The molecule has 0 radical (unpaired) electrons. The number of esters is 2. The number of hydrogen-bond acceptors (Lipinski definition) is 4. The van der Waals surface area contributed by atoms with Gasteiger partial charge in [0.2, 0.25) is 0 Å². The van der Waals surface area contributed by atoms with Crippen molar-refractivity contribution in [2.75, 3.05) is 0 Å². The van der Waals surface area contributed by atoms with E-state index in [9.17, 15) is 9.59 Å². The van der Waals surface area contributed by atoms with Gasteiger partial charge in [0.15, 0.2) is 0 Å². The van der Waals surface area contributed by atoms with Crippen molar-refractivity contribution < 1.29 is 19.1 Å². The second-order valence-electron chi connectivity index (χ2n) is 8.03. The minimum atomic E-state index is -0.918. The molecule has 5 heteroatoms. The molecule has 0 N–H and O–H groups in total. The maximum Gasteiger partial charge on any atom is 0.345 e. The van der Waals surface area contributed by atoms with Crippen molar-refractivity contribution in [1.82, 2.24) is 0 Å². The van der Waals surface area contributed by atoms with Crippen LogP contribution in [0, 0.1) is 0 Å². The summed E-state index contributed by atoms with van der Waals surface area (Å²) >= 11 is 0. The number of ether oxygens (including phenoxy) is 2. The first-order valence-electron chi connectivity index (χ1n) is 11.0. The number of hydrogen-bond donors (Lipinski definition) is 0. The summed E-state index contributed by atoms with van der Waals surface area (Å²) in [6.45, 7) is 7.01. The lowest BCUT2D eigenvalue weighted by molar-refractivity contribution is -0.150. The molecule has 170 valence electrons. The van der Waals surface area contributed by atoms with Crippen LogP contribution in [0.2, 0.25) is 0 Å². The van der Waals surface area contributed by atoms with Crippen LogP contribution >= 0.6 is 7.92 Å². The average Bonchev–Trinajstić information content (AvgIpc) is 2.79. The van der Waals surface area contributed by atoms with Crippen LogP contribution in [0.3, 0.4) is 0 Å². The van der Waals surface area contributed by atoms with E-state index in [-0.39, 0.29) is 17.8 Å². The van der Waals surface area contributed by atoms with Gasteiger partial charge in [0, 0.05) is 0 Å². The molecule has 4 nitrogen and oxygen atoms in total. The smallest absolute Gasteiger partial charge is 0.345 e. The van der Waals surface area contributed by atoms with Gasteiger partial charge in [-0.1, -0.05) is 84.9 Å². The molecule has 0 fully saturated rings. The van der Waals surface area contributed by atoms with Crippen LogP contribution in [0.1, 0.15) is 33.3 Å². The summed E-state index contributed by atoms with van der Waals surface area (Å²) in [6, 6.07) is 28.4. The van der Waals surface area contributed by atoms with Crippen LogP contribution in [0.5, 0.6) is 0 Å². The van der Waals surface area contributed by atoms with Crippen molar-refractivity contribution in [1.29, 1.82) is 0 Å². The molecular formula is C28H29O4P. The van der Waals surface area contributed by atoms with Crippen LogP contribution in [-0.4, -0.2) is 24.1 Å². The fourth-order valence-electron chi connectivity index (χ4n) is 3.31. The Hall–Kier alpha value is -3.23. The van der Waals surface area contributed by atoms with Gasteiger partial charge in [-0.3, -0.25) is 0 Å². The Morgan fingerprint density at radius 3 is 1.55 bits per heavy atom. The van der Waals surface area contributed by atoms with Gasteiger partial charge in [-0.25, -0.2) is 9.59 Å². The second kappa shape index (κ2) is 11.6. The first-order chi connectivity index (χ1) is 15.9. The van der Waals surface area contributed by atoms with Gasteiger partial charge >= 0.3 is 11.9 Å². The third-order valence-corrected chi connectivity index (χ3v) is 7.15. The minimum absolute atomic E-state index is 0.110. The van der Waals surface area contributed by atoms with E-state index in [1.165, 1.54) is 10.6 Å². The molecule has 0 amide bonds. The molecule has 0 unspecified atom stereocenters. The molecule has 3 aromatic carbocycles. The number of benzene rings is 3. The Balaban J connectivity index is 2.16. The zero-order valence-electron chi connectivity index (χ0n) is 19.4. The quantitative estimate of drug-likeness (QED) is 0.160. The zero-order chi connectivity index (χ0) is 23.8. The van der Waals surface area contributed by atoms with E-state index in [0.717, 1.165) is 10.9 Å². The normalized spacial score (nSPS) is 10.9. The third kappa shape index (κ3) is 6.63. The van der Waals surface area contributed by atoms with E-state index >= 15 is 0 Å². The molecular weight excluding hydrogens is 431 g/mol. The SMILES string of the molecule is CC(C)OC(=O)C(=Cc1ccccc1P(c1ccccc1)c1ccccc1)C(=O)OC(C)C. The summed E-state index contributed by atoms with van der Waals surface area (Å²) in [5.41, 5.74) is 0.675. The van der Waals surface area contributed by atoms with Crippen molar-refractivity contribution in [3.63, 3.8) is 0 Å². The van der Waals surface area contributed by atoms with Gasteiger partial charge < -0.3 is 9.47 Å². The van der Waals surface area contributed by atoms with E-state index in [1.807, 2.05) is 54.6 Å². The molecule has 0 atom stereocenters. The standard InChI is InChI=1S/C28H29O4P/c1-20(2)31-27(29)25(28(30)32-21(3)4)19-22-13-11-12-18-26(22)33(23-14-7-5-8-15-23)24-16-9-6-10-17-24/h5-21H,1-4H3. The molecule has 0 saturated heterocycles. The van der Waals surface area contributed by atoms with Gasteiger partial charge in [0.05, 0.1) is 12.2 Å². The lowest BCUT2D eigenvalue weighted by Gasteiger charge is -2.21. The summed E-state index contributed by atoms with van der Waals surface area (Å²) in [7, 11) is -0.918. The highest BCUT2D eigenvalue weighted by Gasteiger charge is 2.25. The molecule has 3 rings (SSSR count). The Labute approximate surface area is 197 Å². The maximum atomic E-state index is 12.8. The summed E-state index contributed by atoms with van der Waals surface area (Å²) < 4.78 is 10.7. The van der Waals surface area contributed by atoms with Crippen LogP contribution in [-0.2, 0) is 19.1 Å². The lowest BCUT2D eigenvalue weighted by Crippen LogP contribution is -2.25. The summed E-state index contributed by atoms with van der Waals surface area (Å²) in [5.74, 6) is -1.37. The second-order valence-corrected chi connectivity index (χ2v) is 10.2. The molecule has 0 aliphatic rings. The zero-order valence-corrected chi connectivity index (χ0v) is 20.3. The van der Waals surface area contributed by atoms with Gasteiger partial charge in [-0.2, -0.15) is 0 Å². The van der Waals surface area contributed by atoms with Crippen molar-refractivity contribution in [2.24, 2.45) is 0 Å². The average molecular weight is 461 g/mol. The molecule has 0 saturated carbocycles. The molecule has 0 spiro atoms. The van der Waals surface area contributed by atoms with Gasteiger partial charge in [-0.05, 0) is 63.2 Å². The van der Waals surface area contributed by atoms with Crippen LogP contribution in [0.15, 0.2) is 90.5 Å². The summed E-state index contributed by atoms with van der Waals surface area (Å²) in [4.78, 5) is 25.6. The fourth-order valence-corrected chi connectivity index (χ4v) is 5.73. The predicted octanol–water partition coefficient (Wildman–Crippen LogP) is 4.73. The molecule has 0 aliphatic carbocycles. The van der Waals surface area contributed by atoms with Gasteiger partial charge in [0.25, 0.3) is 0 Å². The first-order valence-corrected chi connectivity index (χ1v) is 12.3. The number of rotatable bonds is 8. The Morgan fingerprint density at radius 1 is 0.667 bits per heavy atom. The highest BCUT2D eigenvalue weighted by Crippen LogP contribution is 2.34. The molecule has 0 heterocycles. The van der Waals surface area contributed by atoms with Gasteiger partial charge in [-0.15, -0.1) is 0 Å².